The molecule has 0 aliphatic carbocycles. The van der Waals surface area contributed by atoms with Gasteiger partial charge in [-0.15, -0.1) is 24.0 Å². The van der Waals surface area contributed by atoms with E-state index in [4.69, 9.17) is 9.15 Å². The molecule has 0 aliphatic heterocycles. The van der Waals surface area contributed by atoms with Gasteiger partial charge in [0, 0.05) is 18.1 Å². The number of halogens is 1. The Kier molecular flexibility index (Phi) is 8.75. The number of guanidine groups is 1. The van der Waals surface area contributed by atoms with Crippen molar-refractivity contribution in [1.82, 2.24) is 15.6 Å². The van der Waals surface area contributed by atoms with Gasteiger partial charge in [0.05, 0.1) is 24.9 Å². The number of aliphatic imine (C=N–C) groups is 1. The van der Waals surface area contributed by atoms with Crippen molar-refractivity contribution < 1.29 is 9.15 Å². The second kappa shape index (κ2) is 11.0. The molecular formula is C22H29IN4O2. The molecule has 0 aliphatic rings. The fraction of sp³-hybridized carbons (Fsp3) is 0.364. The number of nitrogens with one attached hydrogen (secondary N) is 2. The van der Waals surface area contributed by atoms with Crippen LogP contribution < -0.4 is 15.4 Å². The number of aryl methyl sites for hydroxylation is 1. The van der Waals surface area contributed by atoms with Crippen LogP contribution in [0.5, 0.6) is 5.75 Å². The summed E-state index contributed by atoms with van der Waals surface area (Å²) in [6.07, 6.45) is 1.80. The molecule has 3 rings (SSSR count). The zero-order valence-electron chi connectivity index (χ0n) is 17.4. The molecule has 0 bridgehead atoms. The van der Waals surface area contributed by atoms with Gasteiger partial charge in [0.25, 0.3) is 0 Å². The molecule has 29 heavy (non-hydrogen) atoms. The van der Waals surface area contributed by atoms with E-state index in [2.05, 4.69) is 27.5 Å². The van der Waals surface area contributed by atoms with Crippen molar-refractivity contribution in [1.29, 1.82) is 0 Å². The van der Waals surface area contributed by atoms with E-state index in [1.54, 1.807) is 6.20 Å². The SMILES string of the molecule is CCNC(=NCc1ncccc1C)NC(C)c1cc2cccc(OCC)c2o1.I. The first-order chi connectivity index (χ1) is 13.6. The molecule has 6 nitrogen and oxygen atoms in total. The molecule has 1 aromatic carbocycles. The second-order valence-corrected chi connectivity index (χ2v) is 6.58. The average molecular weight is 508 g/mol. The smallest absolute Gasteiger partial charge is 0.192 e. The first-order valence-corrected chi connectivity index (χ1v) is 9.73. The van der Waals surface area contributed by atoms with Crippen LogP contribution in [-0.2, 0) is 6.54 Å². The van der Waals surface area contributed by atoms with Gasteiger partial charge in [0.15, 0.2) is 17.3 Å². The number of rotatable bonds is 7. The lowest BCUT2D eigenvalue weighted by atomic mass is 10.2. The second-order valence-electron chi connectivity index (χ2n) is 6.58. The highest BCUT2D eigenvalue weighted by Crippen LogP contribution is 2.31. The highest BCUT2D eigenvalue weighted by molar-refractivity contribution is 14.0. The molecule has 2 heterocycles. The zero-order valence-corrected chi connectivity index (χ0v) is 19.7. The highest BCUT2D eigenvalue weighted by atomic mass is 127. The van der Waals surface area contributed by atoms with Crippen molar-refractivity contribution in [3.63, 3.8) is 0 Å². The number of benzene rings is 1. The van der Waals surface area contributed by atoms with Crippen LogP contribution in [0.15, 0.2) is 52.0 Å². The van der Waals surface area contributed by atoms with Gasteiger partial charge in [0.1, 0.15) is 5.76 Å². The van der Waals surface area contributed by atoms with Crippen LogP contribution in [0.1, 0.15) is 43.8 Å². The molecular weight excluding hydrogens is 479 g/mol. The lowest BCUT2D eigenvalue weighted by molar-refractivity contribution is 0.336. The predicted octanol–water partition coefficient (Wildman–Crippen LogP) is 4.97. The normalized spacial score (nSPS) is 12.3. The summed E-state index contributed by atoms with van der Waals surface area (Å²) in [7, 11) is 0. The summed E-state index contributed by atoms with van der Waals surface area (Å²) >= 11 is 0. The third-order valence-corrected chi connectivity index (χ3v) is 4.46. The van der Waals surface area contributed by atoms with Crippen molar-refractivity contribution >= 4 is 40.9 Å². The first-order valence-electron chi connectivity index (χ1n) is 9.73. The number of hydrogen-bond donors (Lipinski definition) is 2. The molecule has 0 saturated carbocycles. The minimum atomic E-state index is -0.0514. The Labute approximate surface area is 189 Å². The van der Waals surface area contributed by atoms with Gasteiger partial charge in [-0.1, -0.05) is 18.2 Å². The summed E-state index contributed by atoms with van der Waals surface area (Å²) in [5.74, 6) is 2.33. The van der Waals surface area contributed by atoms with E-state index < -0.39 is 0 Å². The number of ether oxygens (including phenoxy) is 1. The maximum atomic E-state index is 6.09. The van der Waals surface area contributed by atoms with Crippen molar-refractivity contribution in [2.45, 2.75) is 40.3 Å². The molecule has 0 amide bonds. The Morgan fingerprint density at radius 1 is 1.24 bits per heavy atom. The van der Waals surface area contributed by atoms with E-state index in [-0.39, 0.29) is 30.0 Å². The molecule has 0 fully saturated rings. The van der Waals surface area contributed by atoms with E-state index in [0.29, 0.717) is 13.2 Å². The first kappa shape index (κ1) is 23.0. The fourth-order valence-electron chi connectivity index (χ4n) is 2.97. The third-order valence-electron chi connectivity index (χ3n) is 4.46. The number of furan rings is 1. The number of para-hydroxylation sites is 1. The van der Waals surface area contributed by atoms with Crippen LogP contribution in [0.2, 0.25) is 0 Å². The lowest BCUT2D eigenvalue weighted by Crippen LogP contribution is -2.38. The third kappa shape index (κ3) is 5.85. The molecule has 2 aromatic heterocycles. The number of hydrogen-bond acceptors (Lipinski definition) is 4. The van der Waals surface area contributed by atoms with Crippen molar-refractivity contribution in [2.75, 3.05) is 13.2 Å². The summed E-state index contributed by atoms with van der Waals surface area (Å²) in [6, 6.07) is 11.9. The van der Waals surface area contributed by atoms with Crippen LogP contribution in [0, 0.1) is 6.92 Å². The molecule has 0 radical (unpaired) electrons. The Morgan fingerprint density at radius 3 is 2.79 bits per heavy atom. The largest absolute Gasteiger partial charge is 0.490 e. The molecule has 1 unspecified atom stereocenters. The summed E-state index contributed by atoms with van der Waals surface area (Å²) < 4.78 is 11.8. The lowest BCUT2D eigenvalue weighted by Gasteiger charge is -2.16. The van der Waals surface area contributed by atoms with Gasteiger partial charge < -0.3 is 19.8 Å². The summed E-state index contributed by atoms with van der Waals surface area (Å²) in [5.41, 5.74) is 2.88. The Hall–Kier alpha value is -2.29. The fourth-order valence-corrected chi connectivity index (χ4v) is 2.97. The van der Waals surface area contributed by atoms with Gasteiger partial charge >= 0.3 is 0 Å². The maximum Gasteiger partial charge on any atom is 0.192 e. The monoisotopic (exact) mass is 508 g/mol. The Bertz CT molecular complexity index is 955. The van der Waals surface area contributed by atoms with E-state index >= 15 is 0 Å². The molecule has 7 heteroatoms. The van der Waals surface area contributed by atoms with Gasteiger partial charge in [-0.05, 0) is 51.5 Å². The summed E-state index contributed by atoms with van der Waals surface area (Å²) in [6.45, 7) is 10.0. The predicted molar refractivity (Wildman–Crippen MR) is 128 cm³/mol. The van der Waals surface area contributed by atoms with Crippen molar-refractivity contribution in [3.05, 3.63) is 59.6 Å². The minimum Gasteiger partial charge on any atom is -0.490 e. The van der Waals surface area contributed by atoms with Gasteiger partial charge in [-0.2, -0.15) is 0 Å². The van der Waals surface area contributed by atoms with Gasteiger partial charge in [0.2, 0.25) is 0 Å². The van der Waals surface area contributed by atoms with E-state index in [1.807, 2.05) is 57.2 Å². The topological polar surface area (TPSA) is 71.7 Å². The molecule has 0 saturated heterocycles. The molecule has 1 atom stereocenters. The number of aromatic nitrogens is 1. The standard InChI is InChI=1S/C22H28N4O2.HI/c1-5-23-22(25-14-18-15(3)9-8-12-24-18)26-16(4)20-13-17-10-7-11-19(27-6-2)21(17)28-20;/h7-13,16H,5-6,14H2,1-4H3,(H2,23,25,26);1H. The quantitative estimate of drug-likeness (QED) is 0.268. The number of fused-ring (bicyclic) bond motifs is 1. The van der Waals surface area contributed by atoms with E-state index in [1.165, 1.54) is 0 Å². The van der Waals surface area contributed by atoms with E-state index in [0.717, 1.165) is 46.2 Å². The molecule has 0 spiro atoms. The van der Waals surface area contributed by atoms with Crippen LogP contribution >= 0.6 is 24.0 Å². The number of pyridine rings is 1. The number of nitrogens with zero attached hydrogens (tertiary/aromatic N) is 2. The van der Waals surface area contributed by atoms with Crippen LogP contribution in [-0.4, -0.2) is 24.1 Å². The molecule has 156 valence electrons. The van der Waals surface area contributed by atoms with E-state index in [9.17, 15) is 0 Å². The van der Waals surface area contributed by atoms with Crippen molar-refractivity contribution in [3.8, 4) is 5.75 Å². The van der Waals surface area contributed by atoms with Crippen LogP contribution in [0.4, 0.5) is 0 Å². The van der Waals surface area contributed by atoms with Crippen LogP contribution in [0.3, 0.4) is 0 Å². The maximum absolute atomic E-state index is 6.09. The van der Waals surface area contributed by atoms with Gasteiger partial charge in [-0.3, -0.25) is 4.98 Å². The molecule has 3 aromatic rings. The molecule has 2 N–H and O–H groups in total. The highest BCUT2D eigenvalue weighted by Gasteiger charge is 2.15. The minimum absolute atomic E-state index is 0. The zero-order chi connectivity index (χ0) is 19.9. The Balaban J connectivity index is 0.00000300. The van der Waals surface area contributed by atoms with Gasteiger partial charge in [-0.25, -0.2) is 4.99 Å². The Morgan fingerprint density at radius 2 is 2.07 bits per heavy atom. The van der Waals surface area contributed by atoms with Crippen LogP contribution in [0.25, 0.3) is 11.0 Å². The average Bonchev–Trinajstić information content (AvgIpc) is 3.13. The summed E-state index contributed by atoms with van der Waals surface area (Å²) in [5, 5.41) is 7.72. The summed E-state index contributed by atoms with van der Waals surface area (Å²) in [4.78, 5) is 9.09. The van der Waals surface area contributed by atoms with Crippen molar-refractivity contribution in [2.24, 2.45) is 4.99 Å².